The Labute approximate surface area is 77.8 Å². The first-order valence-electron chi connectivity index (χ1n) is 4.32. The zero-order valence-corrected chi connectivity index (χ0v) is 8.46. The quantitative estimate of drug-likeness (QED) is 0.608. The molecule has 0 aromatic heterocycles. The van der Waals surface area contributed by atoms with E-state index in [0.717, 1.165) is 0 Å². The van der Waals surface area contributed by atoms with Crippen molar-refractivity contribution >= 4 is 5.97 Å². The van der Waals surface area contributed by atoms with E-state index in [1.54, 1.807) is 13.8 Å². The number of ether oxygens (including phenoxy) is 2. The lowest BCUT2D eigenvalue weighted by Crippen LogP contribution is -2.53. The lowest BCUT2D eigenvalue weighted by molar-refractivity contribution is -0.178. The van der Waals surface area contributed by atoms with Crippen molar-refractivity contribution in [1.29, 1.82) is 0 Å². The van der Waals surface area contributed by atoms with Crippen LogP contribution < -0.4 is 0 Å². The molecule has 1 rings (SSSR count). The van der Waals surface area contributed by atoms with Crippen molar-refractivity contribution < 1.29 is 19.4 Å². The van der Waals surface area contributed by atoms with Crippen LogP contribution in [0.15, 0.2) is 0 Å². The fourth-order valence-corrected chi connectivity index (χ4v) is 1.80. The molecule has 0 spiro atoms. The molecule has 0 aromatic carbocycles. The molecule has 0 aromatic rings. The molecule has 0 aliphatic carbocycles. The Balaban J connectivity index is 2.95. The van der Waals surface area contributed by atoms with E-state index in [9.17, 15) is 9.90 Å². The van der Waals surface area contributed by atoms with Crippen LogP contribution in [0.3, 0.4) is 0 Å². The first-order chi connectivity index (χ1) is 5.83. The molecule has 1 N–H and O–H groups in total. The average molecular weight is 188 g/mol. The van der Waals surface area contributed by atoms with Crippen molar-refractivity contribution in [2.75, 3.05) is 7.11 Å². The Morgan fingerprint density at radius 2 is 2.15 bits per heavy atom. The van der Waals surface area contributed by atoms with Crippen molar-refractivity contribution in [2.24, 2.45) is 0 Å². The molecule has 0 saturated carbocycles. The Bertz CT molecular complexity index is 224. The van der Waals surface area contributed by atoms with Gasteiger partial charge in [-0.1, -0.05) is 0 Å². The molecule has 13 heavy (non-hydrogen) atoms. The van der Waals surface area contributed by atoms with Gasteiger partial charge in [-0.05, 0) is 20.8 Å². The van der Waals surface area contributed by atoms with Gasteiger partial charge < -0.3 is 14.6 Å². The Kier molecular flexibility index (Phi) is 2.38. The summed E-state index contributed by atoms with van der Waals surface area (Å²) in [5.41, 5.74) is -2.39. The number of esters is 1. The van der Waals surface area contributed by atoms with Gasteiger partial charge in [0.15, 0.2) is 5.60 Å². The number of rotatable bonds is 1. The second-order valence-corrected chi connectivity index (χ2v) is 3.99. The summed E-state index contributed by atoms with van der Waals surface area (Å²) in [6.45, 7) is 5.20. The van der Waals surface area contributed by atoms with Crippen molar-refractivity contribution in [3.8, 4) is 0 Å². The molecule has 2 atom stereocenters. The van der Waals surface area contributed by atoms with Crippen molar-refractivity contribution in [2.45, 2.75) is 44.5 Å². The summed E-state index contributed by atoms with van der Waals surface area (Å²) in [7, 11) is 1.26. The second kappa shape index (κ2) is 2.96. The maximum Gasteiger partial charge on any atom is 0.341 e. The van der Waals surface area contributed by atoms with Crippen molar-refractivity contribution in [3.05, 3.63) is 0 Å². The molecular weight excluding hydrogens is 172 g/mol. The summed E-state index contributed by atoms with van der Waals surface area (Å²) in [6, 6.07) is 0. The minimum absolute atomic E-state index is 0.126. The van der Waals surface area contributed by atoms with Crippen LogP contribution in [0.25, 0.3) is 0 Å². The van der Waals surface area contributed by atoms with Crippen LogP contribution in [-0.4, -0.2) is 35.5 Å². The molecule has 1 aliphatic rings. The van der Waals surface area contributed by atoms with Crippen LogP contribution in [0.2, 0.25) is 0 Å². The molecule has 4 heteroatoms. The highest BCUT2D eigenvalue weighted by Crippen LogP contribution is 2.39. The summed E-state index contributed by atoms with van der Waals surface area (Å²) in [5, 5.41) is 10.1. The van der Waals surface area contributed by atoms with E-state index >= 15 is 0 Å². The maximum absolute atomic E-state index is 11.3. The van der Waals surface area contributed by atoms with Crippen molar-refractivity contribution in [3.63, 3.8) is 0 Å². The number of hydrogen-bond acceptors (Lipinski definition) is 4. The van der Waals surface area contributed by atoms with E-state index in [1.165, 1.54) is 7.11 Å². The number of carbonyl (C=O) groups excluding carboxylic acids is 1. The largest absolute Gasteiger partial charge is 0.467 e. The third kappa shape index (κ3) is 1.44. The number of methoxy groups -OCH3 is 1. The van der Waals surface area contributed by atoms with Crippen LogP contribution in [0.1, 0.15) is 27.2 Å². The van der Waals surface area contributed by atoms with Gasteiger partial charge in [-0.3, -0.25) is 0 Å². The highest BCUT2D eigenvalue weighted by molar-refractivity contribution is 5.81. The van der Waals surface area contributed by atoms with Crippen LogP contribution in [0.4, 0.5) is 0 Å². The lowest BCUT2D eigenvalue weighted by atomic mass is 9.85. The fourth-order valence-electron chi connectivity index (χ4n) is 1.80. The van der Waals surface area contributed by atoms with E-state index in [-0.39, 0.29) is 12.5 Å². The van der Waals surface area contributed by atoms with E-state index in [4.69, 9.17) is 4.74 Å². The monoisotopic (exact) mass is 188 g/mol. The second-order valence-electron chi connectivity index (χ2n) is 3.99. The summed E-state index contributed by atoms with van der Waals surface area (Å²) < 4.78 is 9.99. The summed E-state index contributed by atoms with van der Waals surface area (Å²) >= 11 is 0. The molecule has 1 unspecified atom stereocenters. The molecular formula is C9H16O4. The molecule has 76 valence electrons. The van der Waals surface area contributed by atoms with Gasteiger partial charge in [-0.15, -0.1) is 0 Å². The van der Waals surface area contributed by atoms with Gasteiger partial charge in [-0.2, -0.15) is 0 Å². The summed E-state index contributed by atoms with van der Waals surface area (Å²) in [6.07, 6.45) is 0.159. The normalized spacial score (nSPS) is 37.5. The Morgan fingerprint density at radius 3 is 2.46 bits per heavy atom. The van der Waals surface area contributed by atoms with Crippen LogP contribution in [0, 0.1) is 0 Å². The molecule has 1 fully saturated rings. The van der Waals surface area contributed by atoms with Gasteiger partial charge in [0.2, 0.25) is 0 Å². The first-order valence-corrected chi connectivity index (χ1v) is 4.32. The highest BCUT2D eigenvalue weighted by Gasteiger charge is 2.58. The smallest absolute Gasteiger partial charge is 0.341 e. The highest BCUT2D eigenvalue weighted by atomic mass is 16.6. The predicted octanol–water partition coefficient (Wildman–Crippen LogP) is 0.478. The molecule has 0 bridgehead atoms. The third-order valence-electron chi connectivity index (χ3n) is 2.60. The topological polar surface area (TPSA) is 55.8 Å². The number of aliphatic hydroxyl groups is 1. The third-order valence-corrected chi connectivity index (χ3v) is 2.60. The Morgan fingerprint density at radius 1 is 1.62 bits per heavy atom. The zero-order chi connectivity index (χ0) is 10.3. The molecule has 0 amide bonds. The molecule has 1 saturated heterocycles. The number of carbonyl (C=O) groups is 1. The van der Waals surface area contributed by atoms with E-state index < -0.39 is 17.2 Å². The zero-order valence-electron chi connectivity index (χ0n) is 8.46. The van der Waals surface area contributed by atoms with Crippen LogP contribution in [-0.2, 0) is 14.3 Å². The van der Waals surface area contributed by atoms with E-state index in [0.29, 0.717) is 0 Å². The Hall–Kier alpha value is -0.610. The lowest BCUT2D eigenvalue weighted by Gasteiger charge is -2.31. The molecule has 1 heterocycles. The van der Waals surface area contributed by atoms with E-state index in [2.05, 4.69) is 4.74 Å². The van der Waals surface area contributed by atoms with Crippen LogP contribution >= 0.6 is 0 Å². The average Bonchev–Trinajstić information content (AvgIpc) is 2.20. The van der Waals surface area contributed by atoms with Crippen molar-refractivity contribution in [1.82, 2.24) is 0 Å². The minimum Gasteiger partial charge on any atom is -0.467 e. The molecule has 4 nitrogen and oxygen atoms in total. The fraction of sp³-hybridized carbons (Fsp3) is 0.889. The van der Waals surface area contributed by atoms with E-state index in [1.807, 2.05) is 6.92 Å². The van der Waals surface area contributed by atoms with Gasteiger partial charge in [0.1, 0.15) is 5.60 Å². The maximum atomic E-state index is 11.3. The molecule has 1 aliphatic heterocycles. The summed E-state index contributed by atoms with van der Waals surface area (Å²) in [5.74, 6) is -0.623. The van der Waals surface area contributed by atoms with Gasteiger partial charge >= 0.3 is 5.97 Å². The van der Waals surface area contributed by atoms with Gasteiger partial charge in [0.05, 0.1) is 13.2 Å². The predicted molar refractivity (Wildman–Crippen MR) is 46.2 cm³/mol. The standard InChI is InChI=1S/C9H16O4/c1-6-5-9(11,7(10)12-4)8(2,3)13-6/h6,11H,5H2,1-4H3/t6?,9-/m0/s1. The minimum atomic E-state index is -1.51. The SMILES string of the molecule is COC(=O)[C@@]1(O)CC(C)OC1(C)C. The van der Waals surface area contributed by atoms with Gasteiger partial charge in [0.25, 0.3) is 0 Å². The number of hydrogen-bond donors (Lipinski definition) is 1. The van der Waals surface area contributed by atoms with Gasteiger partial charge in [0, 0.05) is 6.42 Å². The molecule has 0 radical (unpaired) electrons. The van der Waals surface area contributed by atoms with Gasteiger partial charge in [-0.25, -0.2) is 4.79 Å². The van der Waals surface area contributed by atoms with Crippen LogP contribution in [0.5, 0.6) is 0 Å². The first kappa shape index (κ1) is 10.5. The summed E-state index contributed by atoms with van der Waals surface area (Å²) in [4.78, 5) is 11.3.